The van der Waals surface area contributed by atoms with Gasteiger partial charge in [-0.3, -0.25) is 4.79 Å². The maximum Gasteiger partial charge on any atom is 0.236 e. The van der Waals surface area contributed by atoms with Crippen LogP contribution in [0.2, 0.25) is 0 Å². The number of amides is 1. The Morgan fingerprint density at radius 1 is 1.11 bits per heavy atom. The van der Waals surface area contributed by atoms with E-state index in [1.165, 1.54) is 19.3 Å². The second-order valence-corrected chi connectivity index (χ2v) is 5.66. The number of nitrogens with one attached hydrogen (secondary N) is 1. The minimum absolute atomic E-state index is 0.233. The molecule has 1 heterocycles. The van der Waals surface area contributed by atoms with Crippen molar-refractivity contribution >= 4 is 5.91 Å². The van der Waals surface area contributed by atoms with E-state index in [0.29, 0.717) is 18.5 Å². The summed E-state index contributed by atoms with van der Waals surface area (Å²) in [5.41, 5.74) is 0. The Morgan fingerprint density at radius 2 is 1.83 bits per heavy atom. The summed E-state index contributed by atoms with van der Waals surface area (Å²) in [6.07, 6.45) is 8.16. The molecule has 0 radical (unpaired) electrons. The van der Waals surface area contributed by atoms with Crippen molar-refractivity contribution in [2.24, 2.45) is 5.92 Å². The molecule has 104 valence electrons. The third-order valence-electron chi connectivity index (χ3n) is 4.37. The van der Waals surface area contributed by atoms with Gasteiger partial charge in [-0.25, -0.2) is 0 Å². The van der Waals surface area contributed by atoms with Crippen LogP contribution in [-0.4, -0.2) is 48.2 Å². The first kappa shape index (κ1) is 13.8. The van der Waals surface area contributed by atoms with Crippen LogP contribution in [0.3, 0.4) is 0 Å². The Labute approximate surface area is 110 Å². The molecule has 1 amide bonds. The van der Waals surface area contributed by atoms with Gasteiger partial charge in [-0.15, -0.1) is 0 Å². The van der Waals surface area contributed by atoms with E-state index in [4.69, 9.17) is 0 Å². The summed E-state index contributed by atoms with van der Waals surface area (Å²) in [6, 6.07) is 0.331. The highest BCUT2D eigenvalue weighted by molar-refractivity contribution is 5.78. The Balaban J connectivity index is 1.73. The second kappa shape index (κ2) is 7.10. The van der Waals surface area contributed by atoms with Crippen molar-refractivity contribution < 1.29 is 9.90 Å². The van der Waals surface area contributed by atoms with E-state index in [9.17, 15) is 9.90 Å². The van der Waals surface area contributed by atoms with Gasteiger partial charge >= 0.3 is 0 Å². The highest BCUT2D eigenvalue weighted by Crippen LogP contribution is 2.23. The number of nitrogens with zero attached hydrogens (tertiary/aromatic N) is 1. The maximum atomic E-state index is 12.0. The lowest BCUT2D eigenvalue weighted by Gasteiger charge is -2.32. The highest BCUT2D eigenvalue weighted by Gasteiger charge is 2.25. The molecule has 0 aromatic heterocycles. The van der Waals surface area contributed by atoms with Crippen LogP contribution >= 0.6 is 0 Å². The molecule has 0 spiro atoms. The molecule has 18 heavy (non-hydrogen) atoms. The molecular formula is C14H26N2O2. The van der Waals surface area contributed by atoms with Crippen LogP contribution in [0.5, 0.6) is 0 Å². The Morgan fingerprint density at radius 3 is 2.56 bits per heavy atom. The Kier molecular flexibility index (Phi) is 5.45. The topological polar surface area (TPSA) is 52.6 Å². The quantitative estimate of drug-likeness (QED) is 0.791. The first-order chi connectivity index (χ1) is 8.81. The van der Waals surface area contributed by atoms with Crippen LogP contribution < -0.4 is 5.32 Å². The highest BCUT2D eigenvalue weighted by atomic mass is 16.3. The average Bonchev–Trinajstić information content (AvgIpc) is 2.46. The van der Waals surface area contributed by atoms with Crippen molar-refractivity contribution in [3.63, 3.8) is 0 Å². The molecular weight excluding hydrogens is 228 g/mol. The number of rotatable bonds is 4. The minimum Gasteiger partial charge on any atom is -0.396 e. The predicted molar refractivity (Wildman–Crippen MR) is 71.3 cm³/mol. The van der Waals surface area contributed by atoms with Gasteiger partial charge in [0.1, 0.15) is 0 Å². The smallest absolute Gasteiger partial charge is 0.236 e. The Hall–Kier alpha value is -0.610. The van der Waals surface area contributed by atoms with Gasteiger partial charge in [-0.2, -0.15) is 0 Å². The van der Waals surface area contributed by atoms with Crippen molar-refractivity contribution in [2.45, 2.75) is 51.0 Å². The van der Waals surface area contributed by atoms with E-state index < -0.39 is 0 Å². The van der Waals surface area contributed by atoms with Gasteiger partial charge in [0.15, 0.2) is 0 Å². The molecule has 4 heteroatoms. The summed E-state index contributed by atoms with van der Waals surface area (Å²) >= 11 is 0. The van der Waals surface area contributed by atoms with Crippen LogP contribution in [0.15, 0.2) is 0 Å². The SMILES string of the molecule is O=C(CNC1CCCCC1CO)N1CCCCC1. The molecule has 1 saturated heterocycles. The van der Waals surface area contributed by atoms with Gasteiger partial charge in [-0.1, -0.05) is 12.8 Å². The fourth-order valence-electron chi connectivity index (χ4n) is 3.17. The number of hydrogen-bond acceptors (Lipinski definition) is 3. The first-order valence-electron chi connectivity index (χ1n) is 7.43. The van der Waals surface area contributed by atoms with Gasteiger partial charge < -0.3 is 15.3 Å². The molecule has 0 aromatic rings. The molecule has 1 saturated carbocycles. The lowest BCUT2D eigenvalue weighted by molar-refractivity contribution is -0.131. The maximum absolute atomic E-state index is 12.0. The third-order valence-corrected chi connectivity index (χ3v) is 4.37. The molecule has 2 fully saturated rings. The fraction of sp³-hybridized carbons (Fsp3) is 0.929. The number of aliphatic hydroxyl groups excluding tert-OH is 1. The lowest BCUT2D eigenvalue weighted by atomic mass is 9.85. The van der Waals surface area contributed by atoms with Crippen LogP contribution in [0, 0.1) is 5.92 Å². The molecule has 2 atom stereocenters. The zero-order chi connectivity index (χ0) is 12.8. The number of hydrogen-bond donors (Lipinski definition) is 2. The van der Waals surface area contributed by atoms with Crippen molar-refractivity contribution in [3.8, 4) is 0 Å². The zero-order valence-corrected chi connectivity index (χ0v) is 11.2. The van der Waals surface area contributed by atoms with Gasteiger partial charge in [0.2, 0.25) is 5.91 Å². The number of carbonyl (C=O) groups is 1. The Bertz CT molecular complexity index is 265. The first-order valence-corrected chi connectivity index (χ1v) is 7.43. The largest absolute Gasteiger partial charge is 0.396 e. The fourth-order valence-corrected chi connectivity index (χ4v) is 3.17. The van der Waals surface area contributed by atoms with Crippen molar-refractivity contribution in [3.05, 3.63) is 0 Å². The van der Waals surface area contributed by atoms with Gasteiger partial charge in [0.05, 0.1) is 6.54 Å². The molecule has 4 nitrogen and oxygen atoms in total. The minimum atomic E-state index is 0.233. The van der Waals surface area contributed by atoms with Crippen LogP contribution in [0.4, 0.5) is 0 Å². The number of aliphatic hydroxyl groups is 1. The van der Waals surface area contributed by atoms with Gasteiger partial charge in [0, 0.05) is 25.7 Å². The summed E-state index contributed by atoms with van der Waals surface area (Å²) in [4.78, 5) is 14.0. The summed E-state index contributed by atoms with van der Waals surface area (Å²) in [5.74, 6) is 0.574. The van der Waals surface area contributed by atoms with E-state index in [2.05, 4.69) is 5.32 Å². The summed E-state index contributed by atoms with van der Waals surface area (Å²) in [6.45, 7) is 2.54. The molecule has 0 bridgehead atoms. The van der Waals surface area contributed by atoms with Gasteiger partial charge in [0.25, 0.3) is 0 Å². The number of likely N-dealkylation sites (tertiary alicyclic amines) is 1. The van der Waals surface area contributed by atoms with E-state index in [1.54, 1.807) is 0 Å². The van der Waals surface area contributed by atoms with Crippen molar-refractivity contribution in [1.82, 2.24) is 10.2 Å². The lowest BCUT2D eigenvalue weighted by Crippen LogP contribution is -2.47. The van der Waals surface area contributed by atoms with E-state index in [-0.39, 0.29) is 12.5 Å². The second-order valence-electron chi connectivity index (χ2n) is 5.66. The van der Waals surface area contributed by atoms with E-state index in [1.807, 2.05) is 4.90 Å². The van der Waals surface area contributed by atoms with Crippen LogP contribution in [-0.2, 0) is 4.79 Å². The van der Waals surface area contributed by atoms with Crippen molar-refractivity contribution in [2.75, 3.05) is 26.2 Å². The molecule has 2 rings (SSSR count). The average molecular weight is 254 g/mol. The zero-order valence-electron chi connectivity index (χ0n) is 11.2. The molecule has 2 N–H and O–H groups in total. The standard InChI is InChI=1S/C14H26N2O2/c17-11-12-6-2-3-7-13(12)15-10-14(18)16-8-4-1-5-9-16/h12-13,15,17H,1-11H2. The monoisotopic (exact) mass is 254 g/mol. The van der Waals surface area contributed by atoms with Crippen molar-refractivity contribution in [1.29, 1.82) is 0 Å². The molecule has 0 aromatic carbocycles. The van der Waals surface area contributed by atoms with Gasteiger partial charge in [-0.05, 0) is 38.0 Å². The molecule has 1 aliphatic heterocycles. The van der Waals surface area contributed by atoms with Crippen LogP contribution in [0.25, 0.3) is 0 Å². The van der Waals surface area contributed by atoms with E-state index >= 15 is 0 Å². The molecule has 1 aliphatic carbocycles. The summed E-state index contributed by atoms with van der Waals surface area (Å²) in [5, 5.41) is 12.7. The van der Waals surface area contributed by atoms with Crippen LogP contribution in [0.1, 0.15) is 44.9 Å². The predicted octanol–water partition coefficient (Wildman–Crippen LogP) is 1.14. The third kappa shape index (κ3) is 3.69. The van der Waals surface area contributed by atoms with E-state index in [0.717, 1.165) is 38.8 Å². The summed E-state index contributed by atoms with van der Waals surface area (Å²) < 4.78 is 0. The molecule has 2 unspecified atom stereocenters. The summed E-state index contributed by atoms with van der Waals surface area (Å²) in [7, 11) is 0. The normalized spacial score (nSPS) is 29.3. The molecule has 2 aliphatic rings. The number of carbonyl (C=O) groups excluding carboxylic acids is 1. The number of piperidine rings is 1.